The Kier molecular flexibility index (Phi) is 4.36. The first-order chi connectivity index (χ1) is 11.9. The molecule has 1 aromatic carbocycles. The first-order valence-corrected chi connectivity index (χ1v) is 10.1. The molecule has 0 radical (unpaired) electrons. The molecule has 3 nitrogen and oxygen atoms in total. The van der Waals surface area contributed by atoms with Crippen molar-refractivity contribution in [3.05, 3.63) is 35.9 Å². The molecule has 4 fully saturated rings. The van der Waals surface area contributed by atoms with Crippen LogP contribution in [0.25, 0.3) is 0 Å². The average Bonchev–Trinajstić information content (AvgIpc) is 2.52. The van der Waals surface area contributed by atoms with Gasteiger partial charge in [-0.25, -0.2) is 0 Å². The van der Waals surface area contributed by atoms with Crippen molar-refractivity contribution in [3.8, 4) is 0 Å². The van der Waals surface area contributed by atoms with E-state index in [4.69, 9.17) is 11.6 Å². The first-order valence-electron chi connectivity index (χ1n) is 9.68. The van der Waals surface area contributed by atoms with E-state index in [9.17, 15) is 9.90 Å². The highest BCUT2D eigenvalue weighted by atomic mass is 35.5. The van der Waals surface area contributed by atoms with Crippen molar-refractivity contribution >= 4 is 17.5 Å². The van der Waals surface area contributed by atoms with Gasteiger partial charge in [0, 0.05) is 17.2 Å². The quantitative estimate of drug-likeness (QED) is 0.772. The minimum atomic E-state index is -0.758. The van der Waals surface area contributed by atoms with Gasteiger partial charge in [0.05, 0.1) is 11.6 Å². The zero-order valence-corrected chi connectivity index (χ0v) is 15.6. The van der Waals surface area contributed by atoms with Crippen LogP contribution in [0.1, 0.15) is 63.5 Å². The Morgan fingerprint density at radius 1 is 1.32 bits per heavy atom. The number of benzene rings is 1. The third-order valence-corrected chi connectivity index (χ3v) is 7.07. The fourth-order valence-corrected chi connectivity index (χ4v) is 6.80. The number of nitrogens with one attached hydrogen (secondary N) is 1. The van der Waals surface area contributed by atoms with Crippen LogP contribution in [0.4, 0.5) is 0 Å². The summed E-state index contributed by atoms with van der Waals surface area (Å²) in [6.07, 6.45) is 5.99. The van der Waals surface area contributed by atoms with Crippen molar-refractivity contribution < 1.29 is 9.90 Å². The van der Waals surface area contributed by atoms with Crippen LogP contribution in [-0.4, -0.2) is 21.5 Å². The number of amides is 1. The van der Waals surface area contributed by atoms with Crippen molar-refractivity contribution in [2.75, 3.05) is 0 Å². The molecule has 2 N–H and O–H groups in total. The summed E-state index contributed by atoms with van der Waals surface area (Å²) in [5.74, 6) is 1.05. The number of hydrogen-bond acceptors (Lipinski definition) is 2. The number of carbonyl (C=O) groups is 1. The maximum absolute atomic E-state index is 12.4. The molecule has 4 heteroatoms. The van der Waals surface area contributed by atoms with Crippen molar-refractivity contribution in [2.24, 2.45) is 17.8 Å². The summed E-state index contributed by atoms with van der Waals surface area (Å²) in [6, 6.07) is 10.0. The normalized spacial score (nSPS) is 40.0. The Morgan fingerprint density at radius 2 is 2.08 bits per heavy atom. The largest absolute Gasteiger partial charge is 0.389 e. The Hall–Kier alpha value is -1.06. The van der Waals surface area contributed by atoms with Gasteiger partial charge >= 0.3 is 0 Å². The predicted octanol–water partition coefficient (Wildman–Crippen LogP) is 4.19. The van der Waals surface area contributed by atoms with E-state index in [2.05, 4.69) is 17.4 Å². The number of rotatable bonds is 5. The van der Waals surface area contributed by atoms with Gasteiger partial charge in [0.1, 0.15) is 0 Å². The van der Waals surface area contributed by atoms with Crippen LogP contribution < -0.4 is 5.32 Å². The molecule has 0 saturated heterocycles. The van der Waals surface area contributed by atoms with Gasteiger partial charge in [0.15, 0.2) is 0 Å². The fourth-order valence-electron chi connectivity index (χ4n) is 6.15. The summed E-state index contributed by atoms with van der Waals surface area (Å²) in [5, 5.41) is 14.8. The van der Waals surface area contributed by atoms with Crippen LogP contribution in [0.3, 0.4) is 0 Å². The number of halogens is 1. The SMILES string of the molecule is CCCC(=O)NC(c1ccccc1)[C@H]1[C@H]2C[C@@H]3C[C@](Cl)(C2)C[C@@]1(O)C3. The van der Waals surface area contributed by atoms with Gasteiger partial charge in [0.2, 0.25) is 5.91 Å². The molecule has 1 aromatic rings. The number of aliphatic hydroxyl groups is 1. The third kappa shape index (κ3) is 3.10. The molecule has 25 heavy (non-hydrogen) atoms. The minimum Gasteiger partial charge on any atom is -0.389 e. The lowest BCUT2D eigenvalue weighted by atomic mass is 9.47. The molecule has 4 saturated carbocycles. The van der Waals surface area contributed by atoms with E-state index in [1.807, 2.05) is 25.1 Å². The average molecular weight is 362 g/mol. The molecule has 0 aromatic heterocycles. The molecular formula is C21H28ClNO2. The molecule has 1 unspecified atom stereocenters. The van der Waals surface area contributed by atoms with Crippen molar-refractivity contribution in [1.29, 1.82) is 0 Å². The van der Waals surface area contributed by atoms with E-state index >= 15 is 0 Å². The highest BCUT2D eigenvalue weighted by molar-refractivity contribution is 6.24. The Bertz CT molecular complexity index is 651. The predicted molar refractivity (Wildman–Crippen MR) is 99.3 cm³/mol. The van der Waals surface area contributed by atoms with E-state index in [-0.39, 0.29) is 22.7 Å². The lowest BCUT2D eigenvalue weighted by molar-refractivity contribution is -0.175. The van der Waals surface area contributed by atoms with E-state index in [0.29, 0.717) is 24.7 Å². The van der Waals surface area contributed by atoms with E-state index in [0.717, 1.165) is 37.7 Å². The van der Waals surface area contributed by atoms with E-state index < -0.39 is 5.60 Å². The molecule has 4 bridgehead atoms. The monoisotopic (exact) mass is 361 g/mol. The van der Waals surface area contributed by atoms with Crippen LogP contribution in [0.2, 0.25) is 0 Å². The molecule has 4 aliphatic rings. The van der Waals surface area contributed by atoms with Crippen molar-refractivity contribution in [1.82, 2.24) is 5.32 Å². The smallest absolute Gasteiger partial charge is 0.220 e. The number of carbonyl (C=O) groups excluding carboxylic acids is 1. The van der Waals surface area contributed by atoms with Crippen LogP contribution in [0, 0.1) is 17.8 Å². The maximum atomic E-state index is 12.4. The summed E-state index contributed by atoms with van der Waals surface area (Å²) in [6.45, 7) is 2.02. The van der Waals surface area contributed by atoms with Gasteiger partial charge in [0.25, 0.3) is 0 Å². The highest BCUT2D eigenvalue weighted by Gasteiger charge is 2.63. The number of alkyl halides is 1. The van der Waals surface area contributed by atoms with Crippen LogP contribution in [0.15, 0.2) is 30.3 Å². The van der Waals surface area contributed by atoms with E-state index in [1.165, 1.54) is 0 Å². The molecule has 1 amide bonds. The maximum Gasteiger partial charge on any atom is 0.220 e. The van der Waals surface area contributed by atoms with Gasteiger partial charge in [-0.1, -0.05) is 37.3 Å². The van der Waals surface area contributed by atoms with Crippen LogP contribution >= 0.6 is 11.6 Å². The molecule has 0 aliphatic heterocycles. The third-order valence-electron chi connectivity index (χ3n) is 6.62. The highest BCUT2D eigenvalue weighted by Crippen LogP contribution is 2.64. The fraction of sp³-hybridized carbons (Fsp3) is 0.667. The second-order valence-electron chi connectivity index (χ2n) is 8.64. The van der Waals surface area contributed by atoms with E-state index in [1.54, 1.807) is 0 Å². The Balaban J connectivity index is 1.68. The summed E-state index contributed by atoms with van der Waals surface area (Å²) in [5.41, 5.74) is 0.340. The molecule has 0 spiro atoms. The zero-order chi connectivity index (χ0) is 17.7. The lowest BCUT2D eigenvalue weighted by Crippen LogP contribution is -2.64. The summed E-state index contributed by atoms with van der Waals surface area (Å²) in [4.78, 5) is 12.2. The second kappa shape index (κ2) is 6.28. The zero-order valence-electron chi connectivity index (χ0n) is 14.9. The van der Waals surface area contributed by atoms with Gasteiger partial charge in [-0.3, -0.25) is 4.79 Å². The number of hydrogen-bond donors (Lipinski definition) is 2. The molecule has 4 aliphatic carbocycles. The van der Waals surface area contributed by atoms with Gasteiger partial charge in [-0.2, -0.15) is 0 Å². The molecule has 6 atom stereocenters. The standard InChI is InChI=1S/C21H28ClNO2/c1-2-6-17(24)23-19(15-7-4-3-5-8-15)18-16-9-14-10-20(22,12-16)13-21(18,25)11-14/h3-5,7-8,14,16,18-19,25H,2,6,9-13H2,1H3,(H,23,24)/t14-,16+,18-,19?,20+,21+/m1/s1. The summed E-state index contributed by atoms with van der Waals surface area (Å²) < 4.78 is 0. The minimum absolute atomic E-state index is 0.0548. The Labute approximate surface area is 155 Å². The van der Waals surface area contributed by atoms with Crippen LogP contribution in [0.5, 0.6) is 0 Å². The molecule has 0 heterocycles. The first kappa shape index (κ1) is 17.4. The molecule has 136 valence electrons. The van der Waals surface area contributed by atoms with Crippen LogP contribution in [-0.2, 0) is 4.79 Å². The Morgan fingerprint density at radius 3 is 2.72 bits per heavy atom. The summed E-state index contributed by atoms with van der Waals surface area (Å²) >= 11 is 6.84. The lowest BCUT2D eigenvalue weighted by Gasteiger charge is -2.63. The molecular weight excluding hydrogens is 334 g/mol. The summed E-state index contributed by atoms with van der Waals surface area (Å²) in [7, 11) is 0. The van der Waals surface area contributed by atoms with Gasteiger partial charge in [-0.05, 0) is 55.9 Å². The second-order valence-corrected chi connectivity index (χ2v) is 9.44. The van der Waals surface area contributed by atoms with Crippen molar-refractivity contribution in [2.45, 2.75) is 68.4 Å². The van der Waals surface area contributed by atoms with Gasteiger partial charge < -0.3 is 10.4 Å². The molecule has 5 rings (SSSR count). The van der Waals surface area contributed by atoms with Gasteiger partial charge in [-0.15, -0.1) is 11.6 Å². The topological polar surface area (TPSA) is 49.3 Å². The van der Waals surface area contributed by atoms with Crippen molar-refractivity contribution in [3.63, 3.8) is 0 Å².